The molecule has 0 saturated carbocycles. The molecule has 12 heavy (non-hydrogen) atoms. The first-order chi connectivity index (χ1) is 5.45. The van der Waals surface area contributed by atoms with E-state index in [1.54, 1.807) is 11.3 Å². The fourth-order valence-corrected chi connectivity index (χ4v) is 10.1. The zero-order valence-electron chi connectivity index (χ0n) is 7.31. The summed E-state index contributed by atoms with van der Waals surface area (Å²) >= 11 is 3.13. The van der Waals surface area contributed by atoms with Crippen LogP contribution in [0, 0.1) is 11.3 Å². The van der Waals surface area contributed by atoms with Crippen molar-refractivity contribution >= 4 is 48.5 Å². The van der Waals surface area contributed by atoms with Gasteiger partial charge in [0, 0.05) is 0 Å². The monoisotopic (exact) mass is 351 g/mol. The molecule has 0 unspecified atom stereocenters. The van der Waals surface area contributed by atoms with Gasteiger partial charge in [-0.05, 0) is 0 Å². The topological polar surface area (TPSA) is 23.8 Å². The normalized spacial score (nSPS) is 11.2. The van der Waals surface area contributed by atoms with Crippen LogP contribution in [0.4, 0.5) is 0 Å². The van der Waals surface area contributed by atoms with Crippen LogP contribution in [0.25, 0.3) is 0 Å². The summed E-state index contributed by atoms with van der Waals surface area (Å²) in [6.45, 7) is 0. The average molecular weight is 351 g/mol. The fourth-order valence-electron chi connectivity index (χ4n) is 1.00. The Bertz CT molecular complexity index is 332. The van der Waals surface area contributed by atoms with Gasteiger partial charge in [0.25, 0.3) is 0 Å². The van der Waals surface area contributed by atoms with Crippen molar-refractivity contribution in [3.63, 3.8) is 0 Å². The third-order valence-corrected chi connectivity index (χ3v) is 12.6. The van der Waals surface area contributed by atoms with Crippen LogP contribution in [0.1, 0.15) is 5.56 Å². The molecule has 64 valence electrons. The summed E-state index contributed by atoms with van der Waals surface area (Å²) in [5.74, 6) is 0. The second kappa shape index (κ2) is 3.68. The second-order valence-corrected chi connectivity index (χ2v) is 21.4. The van der Waals surface area contributed by atoms with Crippen LogP contribution < -0.4 is 2.89 Å². The number of hydrogen-bond acceptors (Lipinski definition) is 2. The molecule has 0 fully saturated rings. The molecule has 0 N–H and O–H groups in total. The van der Waals surface area contributed by atoms with E-state index in [1.807, 2.05) is 6.07 Å². The predicted molar refractivity (Wildman–Crippen MR) is 59.7 cm³/mol. The molecule has 1 aromatic rings. The first kappa shape index (κ1) is 10.5. The van der Waals surface area contributed by atoms with E-state index in [4.69, 9.17) is 5.26 Å². The molecule has 0 aliphatic carbocycles. The number of hydrogen-bond donors (Lipinski definition) is 0. The summed E-state index contributed by atoms with van der Waals surface area (Å²) < 4.78 is 2.44. The van der Waals surface area contributed by atoms with E-state index in [2.05, 4.69) is 36.8 Å². The molecule has 1 nitrogen and oxygen atoms in total. The molecule has 0 saturated heterocycles. The van der Waals surface area contributed by atoms with Crippen molar-refractivity contribution in [2.45, 2.75) is 14.8 Å². The Kier molecular flexibility index (Phi) is 3.24. The van der Waals surface area contributed by atoms with Gasteiger partial charge >= 0.3 is 90.1 Å². The number of thiophene rings is 1. The Hall–Kier alpha value is 0.469. The quantitative estimate of drug-likeness (QED) is 0.714. The van der Waals surface area contributed by atoms with Crippen molar-refractivity contribution in [1.29, 1.82) is 5.26 Å². The van der Waals surface area contributed by atoms with Crippen LogP contribution in [0.3, 0.4) is 0 Å². The van der Waals surface area contributed by atoms with Gasteiger partial charge in [0.2, 0.25) is 0 Å². The minimum absolute atomic E-state index is 0.884. The van der Waals surface area contributed by atoms with Crippen molar-refractivity contribution in [2.75, 3.05) is 0 Å². The maximum absolute atomic E-state index is 8.86. The minimum atomic E-state index is -2.02. The van der Waals surface area contributed by atoms with Crippen LogP contribution in [-0.2, 0) is 0 Å². The standard InChI is InChI=1S/C5HBrNS.3CH3.Sn/c6-5-1-4(2-7)3-8-5;;;;/h1H;3*1H3;. The van der Waals surface area contributed by atoms with Gasteiger partial charge in [-0.3, -0.25) is 0 Å². The van der Waals surface area contributed by atoms with Crippen molar-refractivity contribution in [3.8, 4) is 6.07 Å². The first-order valence-corrected chi connectivity index (χ1v) is 15.2. The molecule has 4 heteroatoms. The summed E-state index contributed by atoms with van der Waals surface area (Å²) in [4.78, 5) is 6.98. The molecule has 1 aromatic heterocycles. The molecular formula is C8H10BrNSSn. The van der Waals surface area contributed by atoms with Crippen molar-refractivity contribution < 1.29 is 0 Å². The summed E-state index contributed by atoms with van der Waals surface area (Å²) in [5.41, 5.74) is 0.884. The Morgan fingerprint density at radius 1 is 1.50 bits per heavy atom. The molecule has 0 aliphatic heterocycles. The molecule has 0 atom stereocenters. The van der Waals surface area contributed by atoms with Gasteiger partial charge in [0.15, 0.2) is 0 Å². The number of nitriles is 1. The molecule has 0 radical (unpaired) electrons. The molecule has 0 amide bonds. The molecular weight excluding hydrogens is 341 g/mol. The Morgan fingerprint density at radius 3 is 2.42 bits per heavy atom. The Labute approximate surface area is 89.4 Å². The van der Waals surface area contributed by atoms with E-state index < -0.39 is 18.4 Å². The SMILES string of the molecule is [CH3][Sn]([CH3])([CH3])[c]1sc(Br)cc1C#N. The van der Waals surface area contributed by atoms with E-state index >= 15 is 0 Å². The van der Waals surface area contributed by atoms with Gasteiger partial charge in [-0.15, -0.1) is 0 Å². The third-order valence-electron chi connectivity index (χ3n) is 1.50. The van der Waals surface area contributed by atoms with E-state index in [1.165, 1.54) is 2.89 Å². The zero-order chi connectivity index (χ0) is 9.35. The molecule has 0 spiro atoms. The van der Waals surface area contributed by atoms with Crippen molar-refractivity contribution in [3.05, 3.63) is 15.4 Å². The average Bonchev–Trinajstić information content (AvgIpc) is 2.29. The van der Waals surface area contributed by atoms with Gasteiger partial charge in [-0.25, -0.2) is 0 Å². The molecule has 0 bridgehead atoms. The number of rotatable bonds is 1. The molecule has 0 aliphatic rings. The van der Waals surface area contributed by atoms with E-state index in [-0.39, 0.29) is 0 Å². The van der Waals surface area contributed by atoms with Crippen LogP contribution in [-0.4, -0.2) is 18.4 Å². The first-order valence-electron chi connectivity index (χ1n) is 3.65. The van der Waals surface area contributed by atoms with Crippen LogP contribution in [0.2, 0.25) is 14.8 Å². The van der Waals surface area contributed by atoms with E-state index in [9.17, 15) is 0 Å². The summed E-state index contributed by atoms with van der Waals surface area (Å²) in [6, 6.07) is 4.19. The maximum atomic E-state index is 8.86. The van der Waals surface area contributed by atoms with E-state index in [0.29, 0.717) is 0 Å². The van der Waals surface area contributed by atoms with Crippen LogP contribution >= 0.6 is 27.3 Å². The summed E-state index contributed by atoms with van der Waals surface area (Å²) in [7, 11) is 0. The van der Waals surface area contributed by atoms with Gasteiger partial charge in [0.05, 0.1) is 0 Å². The van der Waals surface area contributed by atoms with Gasteiger partial charge < -0.3 is 0 Å². The summed E-state index contributed by atoms with van der Waals surface area (Å²) in [6.07, 6.45) is 0. The van der Waals surface area contributed by atoms with Crippen LogP contribution in [0.5, 0.6) is 0 Å². The number of nitrogens with zero attached hydrogens (tertiary/aromatic N) is 1. The molecule has 0 aromatic carbocycles. The van der Waals surface area contributed by atoms with Crippen LogP contribution in [0.15, 0.2) is 9.85 Å². The van der Waals surface area contributed by atoms with Crippen molar-refractivity contribution in [2.24, 2.45) is 0 Å². The summed E-state index contributed by atoms with van der Waals surface area (Å²) in [5, 5.41) is 8.86. The Balaban J connectivity index is 3.25. The molecule has 1 rings (SSSR count). The van der Waals surface area contributed by atoms with Gasteiger partial charge in [-0.2, -0.15) is 0 Å². The second-order valence-electron chi connectivity index (χ2n) is 3.66. The third kappa shape index (κ3) is 2.24. The number of halogens is 1. The van der Waals surface area contributed by atoms with E-state index in [0.717, 1.165) is 9.35 Å². The zero-order valence-corrected chi connectivity index (χ0v) is 12.6. The fraction of sp³-hybridized carbons (Fsp3) is 0.375. The predicted octanol–water partition coefficient (Wildman–Crippen LogP) is 2.93. The molecule has 1 heterocycles. The van der Waals surface area contributed by atoms with Crippen molar-refractivity contribution in [1.82, 2.24) is 0 Å². The van der Waals surface area contributed by atoms with Gasteiger partial charge in [-0.1, -0.05) is 0 Å². The Morgan fingerprint density at radius 2 is 2.08 bits per heavy atom. The van der Waals surface area contributed by atoms with Gasteiger partial charge in [0.1, 0.15) is 0 Å².